The molecule has 1 N–H and O–H groups in total. The van der Waals surface area contributed by atoms with E-state index in [0.29, 0.717) is 34.6 Å². The molecule has 188 valence electrons. The SMILES string of the molecule is C=CCc1cc(C=C2C(=O)NC(=O)N(C3CCCCC3)C2=O)cc(OC)c1OCc1ccccc1F. The summed E-state index contributed by atoms with van der Waals surface area (Å²) >= 11 is 0. The Morgan fingerprint density at radius 3 is 2.56 bits per heavy atom. The largest absolute Gasteiger partial charge is 0.493 e. The van der Waals surface area contributed by atoms with Gasteiger partial charge in [-0.05, 0) is 49.1 Å². The van der Waals surface area contributed by atoms with Gasteiger partial charge in [0, 0.05) is 17.2 Å². The summed E-state index contributed by atoms with van der Waals surface area (Å²) in [7, 11) is 1.47. The number of ether oxygens (including phenoxy) is 2. The number of carbonyl (C=O) groups excluding carboxylic acids is 3. The molecule has 4 rings (SSSR count). The van der Waals surface area contributed by atoms with Crippen LogP contribution in [-0.4, -0.2) is 35.9 Å². The van der Waals surface area contributed by atoms with Crippen molar-refractivity contribution in [3.8, 4) is 11.5 Å². The molecule has 1 aliphatic carbocycles. The number of imide groups is 2. The van der Waals surface area contributed by atoms with E-state index in [1.807, 2.05) is 0 Å². The van der Waals surface area contributed by atoms with E-state index in [4.69, 9.17) is 9.47 Å². The molecule has 2 aromatic rings. The van der Waals surface area contributed by atoms with Crippen LogP contribution in [0.25, 0.3) is 6.08 Å². The predicted octanol–water partition coefficient (Wildman–Crippen LogP) is 4.94. The Balaban J connectivity index is 1.66. The van der Waals surface area contributed by atoms with Crippen LogP contribution < -0.4 is 14.8 Å². The molecule has 0 radical (unpaired) electrons. The standard InChI is InChI=1S/C28H29FN2O5/c1-3-9-19-14-18(16-24(35-2)25(19)36-17-20-10-7-8-13-23(20)29)15-22-26(32)30-28(34)31(27(22)33)21-11-5-4-6-12-21/h3,7-8,10,13-16,21H,1,4-6,9,11-12,17H2,2H3,(H,30,32,34). The summed E-state index contributed by atoms with van der Waals surface area (Å²) in [5.41, 5.74) is 1.49. The van der Waals surface area contributed by atoms with Crippen LogP contribution in [0.1, 0.15) is 48.8 Å². The van der Waals surface area contributed by atoms with Gasteiger partial charge in [-0.25, -0.2) is 9.18 Å². The first-order chi connectivity index (χ1) is 17.4. The second-order valence-corrected chi connectivity index (χ2v) is 8.87. The van der Waals surface area contributed by atoms with E-state index in [1.165, 1.54) is 24.2 Å². The molecule has 4 amide bonds. The maximum atomic E-state index is 14.1. The molecule has 1 aliphatic heterocycles. The van der Waals surface area contributed by atoms with Gasteiger partial charge in [0.15, 0.2) is 11.5 Å². The molecule has 0 bridgehead atoms. The second kappa shape index (κ2) is 11.2. The maximum absolute atomic E-state index is 14.1. The zero-order chi connectivity index (χ0) is 25.7. The van der Waals surface area contributed by atoms with Crippen LogP contribution >= 0.6 is 0 Å². The lowest BCUT2D eigenvalue weighted by atomic mass is 9.93. The van der Waals surface area contributed by atoms with Crippen molar-refractivity contribution in [1.82, 2.24) is 10.2 Å². The number of hydrogen-bond donors (Lipinski definition) is 1. The van der Waals surface area contributed by atoms with Gasteiger partial charge in [0.25, 0.3) is 11.8 Å². The molecule has 2 aliphatic rings. The van der Waals surface area contributed by atoms with E-state index in [-0.39, 0.29) is 24.0 Å². The van der Waals surface area contributed by atoms with Crippen molar-refractivity contribution in [3.63, 3.8) is 0 Å². The summed E-state index contributed by atoms with van der Waals surface area (Å²) in [6.07, 6.45) is 7.94. The fourth-order valence-electron chi connectivity index (χ4n) is 4.66. The van der Waals surface area contributed by atoms with Crippen LogP contribution in [0, 0.1) is 5.82 Å². The van der Waals surface area contributed by atoms with Crippen molar-refractivity contribution in [2.45, 2.75) is 51.2 Å². The lowest BCUT2D eigenvalue weighted by Gasteiger charge is -2.35. The number of allylic oxidation sites excluding steroid dienone is 1. The van der Waals surface area contributed by atoms with E-state index < -0.39 is 17.8 Å². The van der Waals surface area contributed by atoms with Crippen LogP contribution in [0.5, 0.6) is 11.5 Å². The van der Waals surface area contributed by atoms with Gasteiger partial charge in [-0.3, -0.25) is 19.8 Å². The van der Waals surface area contributed by atoms with Gasteiger partial charge < -0.3 is 9.47 Å². The monoisotopic (exact) mass is 492 g/mol. The number of hydrogen-bond acceptors (Lipinski definition) is 5. The molecule has 36 heavy (non-hydrogen) atoms. The highest BCUT2D eigenvalue weighted by atomic mass is 19.1. The van der Waals surface area contributed by atoms with Gasteiger partial charge >= 0.3 is 6.03 Å². The van der Waals surface area contributed by atoms with Gasteiger partial charge in [-0.1, -0.05) is 43.5 Å². The van der Waals surface area contributed by atoms with Crippen LogP contribution in [0.15, 0.2) is 54.6 Å². The number of barbiturate groups is 1. The first-order valence-electron chi connectivity index (χ1n) is 12.0. The Labute approximate surface area is 209 Å². The number of rotatable bonds is 8. The molecule has 1 saturated heterocycles. The highest BCUT2D eigenvalue weighted by Gasteiger charge is 2.40. The number of amides is 4. The van der Waals surface area contributed by atoms with Crippen LogP contribution in [0.2, 0.25) is 0 Å². The summed E-state index contributed by atoms with van der Waals surface area (Å²) in [4.78, 5) is 39.5. The summed E-state index contributed by atoms with van der Waals surface area (Å²) < 4.78 is 25.6. The lowest BCUT2D eigenvalue weighted by Crippen LogP contribution is -2.58. The van der Waals surface area contributed by atoms with Gasteiger partial charge in [0.2, 0.25) is 0 Å². The van der Waals surface area contributed by atoms with Gasteiger partial charge in [0.1, 0.15) is 18.0 Å². The number of carbonyl (C=O) groups is 3. The summed E-state index contributed by atoms with van der Waals surface area (Å²) in [6.45, 7) is 3.78. The number of benzene rings is 2. The van der Waals surface area contributed by atoms with E-state index in [9.17, 15) is 18.8 Å². The first kappa shape index (κ1) is 25.2. The minimum atomic E-state index is -0.735. The zero-order valence-electron chi connectivity index (χ0n) is 20.2. The molecule has 0 unspecified atom stereocenters. The topological polar surface area (TPSA) is 84.9 Å². The van der Waals surface area contributed by atoms with Crippen molar-refractivity contribution in [2.75, 3.05) is 7.11 Å². The summed E-state index contributed by atoms with van der Waals surface area (Å²) in [5, 5.41) is 2.30. The van der Waals surface area contributed by atoms with Crippen molar-refractivity contribution < 1.29 is 28.2 Å². The predicted molar refractivity (Wildman–Crippen MR) is 133 cm³/mol. The average Bonchev–Trinajstić information content (AvgIpc) is 2.87. The van der Waals surface area contributed by atoms with Crippen molar-refractivity contribution >= 4 is 23.9 Å². The molecule has 2 fully saturated rings. The number of methoxy groups -OCH3 is 1. The summed E-state index contributed by atoms with van der Waals surface area (Å²) in [6, 6.07) is 8.85. The van der Waals surface area contributed by atoms with Crippen molar-refractivity contribution in [2.24, 2.45) is 0 Å². The van der Waals surface area contributed by atoms with Crippen LogP contribution in [0.3, 0.4) is 0 Å². The molecule has 1 saturated carbocycles. The van der Waals surface area contributed by atoms with E-state index in [1.54, 1.807) is 36.4 Å². The third kappa shape index (κ3) is 5.32. The first-order valence-corrected chi connectivity index (χ1v) is 12.0. The Kier molecular flexibility index (Phi) is 7.83. The fourth-order valence-corrected chi connectivity index (χ4v) is 4.66. The normalized spacial score (nSPS) is 17.8. The summed E-state index contributed by atoms with van der Waals surface area (Å²) in [5.74, 6) is -0.925. The molecule has 0 aromatic heterocycles. The smallest absolute Gasteiger partial charge is 0.331 e. The average molecular weight is 493 g/mol. The number of nitrogens with one attached hydrogen (secondary N) is 1. The van der Waals surface area contributed by atoms with Gasteiger partial charge in [-0.15, -0.1) is 6.58 Å². The van der Waals surface area contributed by atoms with Gasteiger partial charge in [0.05, 0.1) is 7.11 Å². The Bertz CT molecular complexity index is 1220. The number of urea groups is 1. The molecule has 2 aromatic carbocycles. The zero-order valence-corrected chi connectivity index (χ0v) is 20.2. The molecular weight excluding hydrogens is 463 g/mol. The Hall–Kier alpha value is -3.94. The third-order valence-electron chi connectivity index (χ3n) is 6.45. The number of halogens is 1. The third-order valence-corrected chi connectivity index (χ3v) is 6.45. The Morgan fingerprint density at radius 2 is 1.86 bits per heavy atom. The highest BCUT2D eigenvalue weighted by Crippen LogP contribution is 2.35. The fraction of sp³-hybridized carbons (Fsp3) is 0.321. The van der Waals surface area contributed by atoms with Crippen LogP contribution in [-0.2, 0) is 22.6 Å². The lowest BCUT2D eigenvalue weighted by molar-refractivity contribution is -0.132. The molecular formula is C28H29FN2O5. The van der Waals surface area contributed by atoms with E-state index in [2.05, 4.69) is 11.9 Å². The highest BCUT2D eigenvalue weighted by molar-refractivity contribution is 6.31. The molecule has 1 heterocycles. The Morgan fingerprint density at radius 1 is 1.11 bits per heavy atom. The van der Waals surface area contributed by atoms with Gasteiger partial charge in [-0.2, -0.15) is 0 Å². The second-order valence-electron chi connectivity index (χ2n) is 8.87. The quantitative estimate of drug-likeness (QED) is 0.321. The van der Waals surface area contributed by atoms with Crippen molar-refractivity contribution in [3.05, 3.63) is 77.1 Å². The van der Waals surface area contributed by atoms with E-state index >= 15 is 0 Å². The number of nitrogens with zero attached hydrogens (tertiary/aromatic N) is 1. The molecule has 0 spiro atoms. The minimum absolute atomic E-state index is 0.00698. The molecule has 0 atom stereocenters. The minimum Gasteiger partial charge on any atom is -0.493 e. The van der Waals surface area contributed by atoms with Crippen molar-refractivity contribution in [1.29, 1.82) is 0 Å². The maximum Gasteiger partial charge on any atom is 0.331 e. The van der Waals surface area contributed by atoms with E-state index in [0.717, 1.165) is 32.1 Å². The molecule has 8 heteroatoms. The molecule has 7 nitrogen and oxygen atoms in total. The van der Waals surface area contributed by atoms with Crippen LogP contribution in [0.4, 0.5) is 9.18 Å².